The van der Waals surface area contributed by atoms with Crippen LogP contribution in [0.3, 0.4) is 0 Å². The van der Waals surface area contributed by atoms with Crippen LogP contribution in [0, 0.1) is 11.3 Å². The van der Waals surface area contributed by atoms with E-state index in [1.54, 1.807) is 34.5 Å². The second kappa shape index (κ2) is 6.59. The fourth-order valence-electron chi connectivity index (χ4n) is 1.30. The van der Waals surface area contributed by atoms with Crippen molar-refractivity contribution in [3.8, 4) is 6.07 Å². The van der Waals surface area contributed by atoms with Gasteiger partial charge in [0, 0.05) is 10.6 Å². The van der Waals surface area contributed by atoms with Crippen molar-refractivity contribution in [3.63, 3.8) is 0 Å². The Balaban J connectivity index is 1.77. The summed E-state index contributed by atoms with van der Waals surface area (Å²) in [6, 6.07) is 7.82. The monoisotopic (exact) mass is 294 g/mol. The van der Waals surface area contributed by atoms with Gasteiger partial charge in [-0.15, -0.1) is 34.4 Å². The van der Waals surface area contributed by atoms with Gasteiger partial charge in [0.05, 0.1) is 11.3 Å². The number of nitriles is 1. The number of carbonyl (C=O) groups excluding carboxylic acids is 1. The Morgan fingerprint density at radius 2 is 2.28 bits per heavy atom. The molecule has 6 heteroatoms. The number of thiophene rings is 2. The predicted molar refractivity (Wildman–Crippen MR) is 78.1 cm³/mol. The lowest BCUT2D eigenvalue weighted by atomic mass is 10.3. The Labute approximate surface area is 117 Å². The first-order chi connectivity index (χ1) is 8.79. The van der Waals surface area contributed by atoms with Crippen molar-refractivity contribution >= 4 is 45.3 Å². The summed E-state index contributed by atoms with van der Waals surface area (Å²) < 4.78 is 0. The standard InChI is InChI=1S/C12H10N2OS3/c13-6-9-3-5-18-12(9)14-11(15)8-16-7-10-2-1-4-17-10/h1-5H,7-8H2,(H,14,15). The lowest BCUT2D eigenvalue weighted by Crippen LogP contribution is -2.13. The van der Waals surface area contributed by atoms with E-state index in [0.717, 1.165) is 5.75 Å². The van der Waals surface area contributed by atoms with Gasteiger partial charge in [-0.3, -0.25) is 4.79 Å². The fourth-order valence-corrected chi connectivity index (χ4v) is 3.72. The molecule has 18 heavy (non-hydrogen) atoms. The second-order valence-corrected chi connectivity index (χ2v) is 6.33. The van der Waals surface area contributed by atoms with Crippen molar-refractivity contribution in [2.75, 3.05) is 11.1 Å². The highest BCUT2D eigenvalue weighted by atomic mass is 32.2. The summed E-state index contributed by atoms with van der Waals surface area (Å²) in [4.78, 5) is 12.9. The fraction of sp³-hybridized carbons (Fsp3) is 0.167. The average Bonchev–Trinajstić information content (AvgIpc) is 3.00. The molecule has 0 saturated carbocycles. The van der Waals surface area contributed by atoms with Crippen molar-refractivity contribution in [2.45, 2.75) is 5.75 Å². The summed E-state index contributed by atoms with van der Waals surface area (Å²) in [7, 11) is 0. The summed E-state index contributed by atoms with van der Waals surface area (Å²) in [5.74, 6) is 1.19. The van der Waals surface area contributed by atoms with Gasteiger partial charge in [-0.2, -0.15) is 5.26 Å². The molecule has 3 nitrogen and oxygen atoms in total. The first-order valence-corrected chi connectivity index (χ1v) is 8.08. The summed E-state index contributed by atoms with van der Waals surface area (Å²) in [5.41, 5.74) is 0.525. The first kappa shape index (κ1) is 13.1. The number of nitrogens with zero attached hydrogens (tertiary/aromatic N) is 1. The highest BCUT2D eigenvalue weighted by molar-refractivity contribution is 7.99. The number of hydrogen-bond donors (Lipinski definition) is 1. The molecule has 0 aliphatic rings. The number of amides is 1. The molecule has 0 aromatic carbocycles. The van der Waals surface area contributed by atoms with E-state index in [0.29, 0.717) is 16.3 Å². The van der Waals surface area contributed by atoms with E-state index in [-0.39, 0.29) is 5.91 Å². The van der Waals surface area contributed by atoms with Crippen molar-refractivity contribution in [1.82, 2.24) is 0 Å². The highest BCUT2D eigenvalue weighted by Crippen LogP contribution is 2.23. The number of carbonyl (C=O) groups is 1. The number of rotatable bonds is 5. The minimum Gasteiger partial charge on any atom is -0.316 e. The molecule has 0 unspecified atom stereocenters. The van der Waals surface area contributed by atoms with E-state index in [2.05, 4.69) is 11.4 Å². The molecule has 2 heterocycles. The molecule has 1 amide bonds. The molecular formula is C12H10N2OS3. The van der Waals surface area contributed by atoms with Crippen molar-refractivity contribution < 1.29 is 4.79 Å². The van der Waals surface area contributed by atoms with E-state index in [1.807, 2.05) is 17.5 Å². The summed E-state index contributed by atoms with van der Waals surface area (Å²) in [6.45, 7) is 0. The maximum absolute atomic E-state index is 11.7. The van der Waals surface area contributed by atoms with Gasteiger partial charge in [-0.05, 0) is 22.9 Å². The SMILES string of the molecule is N#Cc1ccsc1NC(=O)CSCc1cccs1. The van der Waals surface area contributed by atoms with Crippen LogP contribution in [-0.2, 0) is 10.5 Å². The van der Waals surface area contributed by atoms with E-state index < -0.39 is 0 Å². The van der Waals surface area contributed by atoms with Gasteiger partial charge >= 0.3 is 0 Å². The average molecular weight is 294 g/mol. The minimum atomic E-state index is -0.0597. The number of anilines is 1. The number of nitrogens with one attached hydrogen (secondary N) is 1. The minimum absolute atomic E-state index is 0.0597. The van der Waals surface area contributed by atoms with Gasteiger partial charge in [0.25, 0.3) is 0 Å². The second-order valence-electron chi connectivity index (χ2n) is 3.40. The Bertz CT molecular complexity index is 554. The Kier molecular flexibility index (Phi) is 4.81. The van der Waals surface area contributed by atoms with E-state index in [1.165, 1.54) is 16.2 Å². The van der Waals surface area contributed by atoms with Crippen LogP contribution < -0.4 is 5.32 Å². The lowest BCUT2D eigenvalue weighted by molar-refractivity contribution is -0.113. The van der Waals surface area contributed by atoms with Crippen LogP contribution in [0.25, 0.3) is 0 Å². The molecule has 0 atom stereocenters. The normalized spacial score (nSPS) is 9.94. The molecule has 0 bridgehead atoms. The zero-order valence-corrected chi connectivity index (χ0v) is 11.8. The van der Waals surface area contributed by atoms with Gasteiger partial charge in [0.2, 0.25) is 5.91 Å². The van der Waals surface area contributed by atoms with Crippen LogP contribution in [0.2, 0.25) is 0 Å². The highest BCUT2D eigenvalue weighted by Gasteiger charge is 2.08. The zero-order valence-electron chi connectivity index (χ0n) is 9.38. The van der Waals surface area contributed by atoms with Crippen molar-refractivity contribution in [3.05, 3.63) is 39.4 Å². The molecular weight excluding hydrogens is 284 g/mol. The Hall–Kier alpha value is -1.29. The molecule has 0 spiro atoms. The molecule has 0 saturated heterocycles. The summed E-state index contributed by atoms with van der Waals surface area (Å²) in [6.07, 6.45) is 0. The molecule has 2 aromatic heterocycles. The van der Waals surface area contributed by atoms with Gasteiger partial charge in [0.15, 0.2) is 0 Å². The molecule has 0 aliphatic heterocycles. The smallest absolute Gasteiger partial charge is 0.235 e. The maximum Gasteiger partial charge on any atom is 0.235 e. The maximum atomic E-state index is 11.7. The quantitative estimate of drug-likeness (QED) is 0.917. The van der Waals surface area contributed by atoms with Crippen LogP contribution in [0.5, 0.6) is 0 Å². The topological polar surface area (TPSA) is 52.9 Å². The van der Waals surface area contributed by atoms with Crippen molar-refractivity contribution in [2.24, 2.45) is 0 Å². The molecule has 2 rings (SSSR count). The van der Waals surface area contributed by atoms with Crippen LogP contribution >= 0.6 is 34.4 Å². The lowest BCUT2D eigenvalue weighted by Gasteiger charge is -2.02. The Morgan fingerprint density at radius 3 is 3.00 bits per heavy atom. The largest absolute Gasteiger partial charge is 0.316 e. The molecule has 0 radical (unpaired) electrons. The molecule has 92 valence electrons. The van der Waals surface area contributed by atoms with Gasteiger partial charge < -0.3 is 5.32 Å². The van der Waals surface area contributed by atoms with E-state index in [9.17, 15) is 4.79 Å². The summed E-state index contributed by atoms with van der Waals surface area (Å²) >= 11 is 4.64. The van der Waals surface area contributed by atoms with E-state index >= 15 is 0 Å². The number of thioether (sulfide) groups is 1. The van der Waals surface area contributed by atoms with Crippen LogP contribution in [0.1, 0.15) is 10.4 Å². The third-order valence-electron chi connectivity index (χ3n) is 2.10. The van der Waals surface area contributed by atoms with Crippen LogP contribution in [-0.4, -0.2) is 11.7 Å². The van der Waals surface area contributed by atoms with Crippen molar-refractivity contribution in [1.29, 1.82) is 5.26 Å². The molecule has 1 N–H and O–H groups in total. The first-order valence-electron chi connectivity index (χ1n) is 5.17. The third kappa shape index (κ3) is 3.60. The Morgan fingerprint density at radius 1 is 1.39 bits per heavy atom. The predicted octanol–water partition coefficient (Wildman–Crippen LogP) is 3.55. The van der Waals surface area contributed by atoms with Crippen LogP contribution in [0.4, 0.5) is 5.00 Å². The van der Waals surface area contributed by atoms with Gasteiger partial charge in [-0.1, -0.05) is 6.07 Å². The molecule has 2 aromatic rings. The van der Waals surface area contributed by atoms with Crippen LogP contribution in [0.15, 0.2) is 29.0 Å². The zero-order chi connectivity index (χ0) is 12.8. The molecule has 0 aliphatic carbocycles. The third-order valence-corrected chi connectivity index (χ3v) is 4.97. The van der Waals surface area contributed by atoms with E-state index in [4.69, 9.17) is 5.26 Å². The molecule has 0 fully saturated rings. The van der Waals surface area contributed by atoms with Gasteiger partial charge in [-0.25, -0.2) is 0 Å². The summed E-state index contributed by atoms with van der Waals surface area (Å²) in [5, 5.41) is 16.0. The number of hydrogen-bond acceptors (Lipinski definition) is 5. The van der Waals surface area contributed by atoms with Gasteiger partial charge in [0.1, 0.15) is 11.1 Å².